The first kappa shape index (κ1) is 15.6. The fourth-order valence-corrected chi connectivity index (χ4v) is 2.36. The van der Waals surface area contributed by atoms with E-state index >= 15 is 0 Å². The fraction of sp³-hybridized carbons (Fsp3) is 0.562. The molecule has 2 aromatic rings. The molecule has 0 spiro atoms. The molecular weight excluding hydrogens is 262 g/mol. The molecule has 0 aliphatic rings. The van der Waals surface area contributed by atoms with Crippen LogP contribution in [0.25, 0.3) is 0 Å². The van der Waals surface area contributed by atoms with Gasteiger partial charge in [0.05, 0.1) is 18.4 Å². The lowest BCUT2D eigenvalue weighted by Gasteiger charge is -2.17. The van der Waals surface area contributed by atoms with Crippen molar-refractivity contribution in [3.63, 3.8) is 0 Å². The molecule has 0 radical (unpaired) electrons. The lowest BCUT2D eigenvalue weighted by atomic mass is 10.3. The number of hydrogen-bond acceptors (Lipinski definition) is 3. The van der Waals surface area contributed by atoms with E-state index in [1.54, 1.807) is 0 Å². The van der Waals surface area contributed by atoms with Crippen LogP contribution in [-0.4, -0.2) is 38.9 Å². The lowest BCUT2D eigenvalue weighted by Crippen LogP contribution is -2.27. The Morgan fingerprint density at radius 2 is 2.00 bits per heavy atom. The van der Waals surface area contributed by atoms with E-state index in [0.717, 1.165) is 45.0 Å². The molecule has 2 aromatic heterocycles. The predicted octanol–water partition coefficient (Wildman–Crippen LogP) is 2.66. The Morgan fingerprint density at radius 3 is 2.67 bits per heavy atom. The summed E-state index contributed by atoms with van der Waals surface area (Å²) in [5.41, 5.74) is 2.38. The first-order chi connectivity index (χ1) is 10.2. The third-order valence-electron chi connectivity index (χ3n) is 3.85. The van der Waals surface area contributed by atoms with Crippen molar-refractivity contribution in [1.29, 1.82) is 0 Å². The molecule has 2 heterocycles. The average molecular weight is 289 g/mol. The van der Waals surface area contributed by atoms with Crippen LogP contribution >= 0.6 is 0 Å². The highest BCUT2D eigenvalue weighted by Gasteiger charge is 2.02. The average Bonchev–Trinajstić information content (AvgIpc) is 3.15. The Kier molecular flexibility index (Phi) is 5.87. The summed E-state index contributed by atoms with van der Waals surface area (Å²) < 4.78 is 4.20. The molecule has 116 valence electrons. The maximum atomic E-state index is 4.41. The lowest BCUT2D eigenvalue weighted by molar-refractivity contribution is 0.285. The third-order valence-corrected chi connectivity index (χ3v) is 3.85. The molecule has 0 fully saturated rings. The van der Waals surface area contributed by atoms with E-state index < -0.39 is 0 Å². The molecule has 0 bridgehead atoms. The highest BCUT2D eigenvalue weighted by atomic mass is 15.3. The van der Waals surface area contributed by atoms with Crippen molar-refractivity contribution in [3.05, 3.63) is 36.4 Å². The van der Waals surface area contributed by atoms with Gasteiger partial charge < -0.3 is 14.8 Å². The number of nitrogens with zero attached hydrogens (tertiary/aromatic N) is 4. The molecule has 0 saturated heterocycles. The zero-order valence-electron chi connectivity index (χ0n) is 13.4. The topological polar surface area (TPSA) is 38.0 Å². The highest BCUT2D eigenvalue weighted by Crippen LogP contribution is 2.09. The van der Waals surface area contributed by atoms with Crippen molar-refractivity contribution in [2.45, 2.75) is 40.4 Å². The summed E-state index contributed by atoms with van der Waals surface area (Å²) in [5, 5.41) is 7.84. The van der Waals surface area contributed by atoms with Crippen LogP contribution in [0.3, 0.4) is 0 Å². The molecule has 1 N–H and O–H groups in total. The van der Waals surface area contributed by atoms with Crippen LogP contribution in [0, 0.1) is 0 Å². The summed E-state index contributed by atoms with van der Waals surface area (Å²) in [7, 11) is 0. The Morgan fingerprint density at radius 1 is 1.19 bits per heavy atom. The van der Waals surface area contributed by atoms with Crippen LogP contribution in [0.1, 0.15) is 26.3 Å². The number of nitrogens with one attached hydrogen (secondary N) is 1. The van der Waals surface area contributed by atoms with Crippen LogP contribution in [-0.2, 0) is 19.6 Å². The summed E-state index contributed by atoms with van der Waals surface area (Å²) >= 11 is 0. The Balaban J connectivity index is 1.79. The maximum absolute atomic E-state index is 4.41. The summed E-state index contributed by atoms with van der Waals surface area (Å²) in [5.74, 6) is 0. The summed E-state index contributed by atoms with van der Waals surface area (Å²) in [4.78, 5) is 2.41. The number of hydrogen-bond donors (Lipinski definition) is 1. The molecule has 5 nitrogen and oxygen atoms in total. The van der Waals surface area contributed by atoms with E-state index in [9.17, 15) is 0 Å². The summed E-state index contributed by atoms with van der Waals surface area (Å²) in [6, 6.07) is 2.15. The Bertz CT molecular complexity index is 524. The highest BCUT2D eigenvalue weighted by molar-refractivity contribution is 5.38. The van der Waals surface area contributed by atoms with Gasteiger partial charge in [-0.25, -0.2) is 0 Å². The second-order valence-electron chi connectivity index (χ2n) is 5.22. The van der Waals surface area contributed by atoms with E-state index in [4.69, 9.17) is 0 Å². The van der Waals surface area contributed by atoms with Crippen LogP contribution in [0.5, 0.6) is 0 Å². The van der Waals surface area contributed by atoms with Crippen LogP contribution < -0.4 is 5.32 Å². The monoisotopic (exact) mass is 289 g/mol. The van der Waals surface area contributed by atoms with Crippen LogP contribution in [0.15, 0.2) is 30.9 Å². The summed E-state index contributed by atoms with van der Waals surface area (Å²) in [6.45, 7) is 12.6. The fourth-order valence-electron chi connectivity index (χ4n) is 2.36. The minimum atomic E-state index is 0.842. The van der Waals surface area contributed by atoms with Crippen molar-refractivity contribution in [2.75, 3.05) is 25.0 Å². The molecule has 0 aliphatic heterocycles. The van der Waals surface area contributed by atoms with Gasteiger partial charge in [0, 0.05) is 38.2 Å². The second-order valence-corrected chi connectivity index (χ2v) is 5.22. The predicted molar refractivity (Wildman–Crippen MR) is 87.4 cm³/mol. The van der Waals surface area contributed by atoms with Crippen LogP contribution in [0.4, 0.5) is 5.69 Å². The van der Waals surface area contributed by atoms with E-state index in [0.29, 0.717) is 0 Å². The molecule has 0 unspecified atom stereocenters. The van der Waals surface area contributed by atoms with Gasteiger partial charge in [-0.2, -0.15) is 5.10 Å². The molecule has 5 heteroatoms. The third kappa shape index (κ3) is 4.63. The first-order valence-electron chi connectivity index (χ1n) is 7.88. The van der Waals surface area contributed by atoms with Gasteiger partial charge in [0.15, 0.2) is 0 Å². The molecule has 0 saturated carbocycles. The number of likely N-dealkylation sites (N-methyl/N-ethyl adjacent to an activating group) is 1. The standard InChI is InChI=1S/C16H27N5/c1-4-19(5-2)9-10-21-14-16(12-18-21)17-11-15-7-8-20(6-3)13-15/h7-8,12-14,17H,4-6,9-11H2,1-3H3. The molecule has 0 amide bonds. The molecule has 0 atom stereocenters. The van der Waals surface area contributed by atoms with Crippen LogP contribution in [0.2, 0.25) is 0 Å². The number of aryl methyl sites for hydroxylation is 1. The van der Waals surface area contributed by atoms with Crippen molar-refractivity contribution < 1.29 is 0 Å². The Hall–Kier alpha value is -1.75. The largest absolute Gasteiger partial charge is 0.378 e. The van der Waals surface area contributed by atoms with Gasteiger partial charge in [-0.3, -0.25) is 4.68 Å². The van der Waals surface area contributed by atoms with Crippen molar-refractivity contribution in [1.82, 2.24) is 19.2 Å². The second kappa shape index (κ2) is 7.88. The minimum absolute atomic E-state index is 0.842. The maximum Gasteiger partial charge on any atom is 0.0729 e. The van der Waals surface area contributed by atoms with E-state index in [1.807, 2.05) is 10.9 Å². The van der Waals surface area contributed by atoms with Crippen molar-refractivity contribution in [3.8, 4) is 0 Å². The van der Waals surface area contributed by atoms with E-state index in [1.165, 1.54) is 5.56 Å². The normalized spacial score (nSPS) is 11.2. The quantitative estimate of drug-likeness (QED) is 0.771. The Labute approximate surface area is 127 Å². The molecule has 0 aromatic carbocycles. The number of aromatic nitrogens is 3. The van der Waals surface area contributed by atoms with E-state index in [-0.39, 0.29) is 0 Å². The van der Waals surface area contributed by atoms with Gasteiger partial charge in [0.25, 0.3) is 0 Å². The SMILES string of the molecule is CCN(CC)CCn1cc(NCc2ccn(CC)c2)cn1. The zero-order chi connectivity index (χ0) is 15.1. The minimum Gasteiger partial charge on any atom is -0.378 e. The zero-order valence-corrected chi connectivity index (χ0v) is 13.4. The van der Waals surface area contributed by atoms with Gasteiger partial charge in [-0.1, -0.05) is 13.8 Å². The molecule has 21 heavy (non-hydrogen) atoms. The van der Waals surface area contributed by atoms with Gasteiger partial charge in [-0.15, -0.1) is 0 Å². The van der Waals surface area contributed by atoms with Gasteiger partial charge in [0.2, 0.25) is 0 Å². The van der Waals surface area contributed by atoms with Gasteiger partial charge >= 0.3 is 0 Å². The number of rotatable bonds is 9. The summed E-state index contributed by atoms with van der Waals surface area (Å²) in [6.07, 6.45) is 8.28. The van der Waals surface area contributed by atoms with Gasteiger partial charge in [0.1, 0.15) is 0 Å². The smallest absolute Gasteiger partial charge is 0.0729 e. The van der Waals surface area contributed by atoms with Gasteiger partial charge in [-0.05, 0) is 31.6 Å². The molecule has 2 rings (SSSR count). The van der Waals surface area contributed by atoms with Crippen molar-refractivity contribution >= 4 is 5.69 Å². The number of anilines is 1. The molecule has 0 aliphatic carbocycles. The van der Waals surface area contributed by atoms with Crippen molar-refractivity contribution in [2.24, 2.45) is 0 Å². The first-order valence-corrected chi connectivity index (χ1v) is 7.88. The van der Waals surface area contributed by atoms with E-state index in [2.05, 4.69) is 65.3 Å². The molecular formula is C16H27N5.